The molecule has 0 saturated heterocycles. The molecule has 1 unspecified atom stereocenters. The Hall–Kier alpha value is -1.60. The van der Waals surface area contributed by atoms with Crippen LogP contribution in [-0.4, -0.2) is 30.7 Å². The summed E-state index contributed by atoms with van der Waals surface area (Å²) in [6.45, 7) is 0. The number of carbonyl (C=O) groups is 1. The molecule has 2 heterocycles. The van der Waals surface area contributed by atoms with E-state index >= 15 is 0 Å². The van der Waals surface area contributed by atoms with Crippen LogP contribution in [0, 0.1) is 5.82 Å². The standard InChI is InChI=1S/C17H17BrFN3OS/c1-22(2)16-12(8-10(18)9-20-16)17(23)21-14-6-7-24-15-11(14)4-3-5-13(15)19/h3-5,8-9,14H,6-7H2,1-2H3,(H,21,23). The van der Waals surface area contributed by atoms with Crippen LogP contribution in [0.4, 0.5) is 10.2 Å². The van der Waals surface area contributed by atoms with E-state index in [1.807, 2.05) is 20.2 Å². The number of thioether (sulfide) groups is 1. The Kier molecular flexibility index (Phi) is 5.10. The van der Waals surface area contributed by atoms with Crippen molar-refractivity contribution in [3.63, 3.8) is 0 Å². The second kappa shape index (κ2) is 7.11. The molecule has 24 heavy (non-hydrogen) atoms. The van der Waals surface area contributed by atoms with Gasteiger partial charge in [-0.3, -0.25) is 4.79 Å². The zero-order chi connectivity index (χ0) is 17.3. The number of benzene rings is 1. The maximum Gasteiger partial charge on any atom is 0.255 e. The van der Waals surface area contributed by atoms with Gasteiger partial charge in [0.2, 0.25) is 0 Å². The number of nitrogens with zero attached hydrogens (tertiary/aromatic N) is 2. The predicted octanol–water partition coefficient (Wildman–Crippen LogP) is 4.02. The average molecular weight is 410 g/mol. The lowest BCUT2D eigenvalue weighted by Crippen LogP contribution is -2.32. The SMILES string of the molecule is CN(C)c1ncc(Br)cc1C(=O)NC1CCSc2c(F)cccc21. The molecule has 3 rings (SSSR count). The third-order valence-electron chi connectivity index (χ3n) is 3.83. The summed E-state index contributed by atoms with van der Waals surface area (Å²) < 4.78 is 14.7. The van der Waals surface area contributed by atoms with Crippen molar-refractivity contribution in [3.05, 3.63) is 51.9 Å². The molecule has 1 aromatic carbocycles. The van der Waals surface area contributed by atoms with Crippen molar-refractivity contribution >= 4 is 39.4 Å². The number of carbonyl (C=O) groups excluding carboxylic acids is 1. The molecule has 0 saturated carbocycles. The molecule has 1 aliphatic heterocycles. The van der Waals surface area contributed by atoms with Crippen molar-refractivity contribution in [2.45, 2.75) is 17.4 Å². The van der Waals surface area contributed by atoms with E-state index < -0.39 is 0 Å². The molecule has 1 N–H and O–H groups in total. The number of halogens is 2. The largest absolute Gasteiger partial charge is 0.362 e. The predicted molar refractivity (Wildman–Crippen MR) is 98.2 cm³/mol. The first-order chi connectivity index (χ1) is 11.5. The molecule has 1 aromatic heterocycles. The minimum Gasteiger partial charge on any atom is -0.362 e. The van der Waals surface area contributed by atoms with Crippen molar-refractivity contribution in [3.8, 4) is 0 Å². The van der Waals surface area contributed by atoms with Gasteiger partial charge < -0.3 is 10.2 Å². The van der Waals surface area contributed by atoms with Crippen LogP contribution in [0.2, 0.25) is 0 Å². The summed E-state index contributed by atoms with van der Waals surface area (Å²) in [5.41, 5.74) is 1.33. The topological polar surface area (TPSA) is 45.2 Å². The fourth-order valence-electron chi connectivity index (χ4n) is 2.73. The van der Waals surface area contributed by atoms with Gasteiger partial charge in [0.05, 0.1) is 11.6 Å². The molecule has 126 valence electrons. The quantitative estimate of drug-likeness (QED) is 0.831. The number of rotatable bonds is 3. The number of anilines is 1. The highest BCUT2D eigenvalue weighted by Gasteiger charge is 2.26. The highest BCUT2D eigenvalue weighted by atomic mass is 79.9. The molecule has 2 aromatic rings. The molecule has 0 bridgehead atoms. The minimum absolute atomic E-state index is 0.196. The van der Waals surface area contributed by atoms with Crippen molar-refractivity contribution < 1.29 is 9.18 Å². The van der Waals surface area contributed by atoms with Gasteiger partial charge in [0.15, 0.2) is 0 Å². The van der Waals surface area contributed by atoms with E-state index in [0.717, 1.165) is 22.2 Å². The van der Waals surface area contributed by atoms with Gasteiger partial charge in [-0.05, 0) is 40.0 Å². The molecule has 0 spiro atoms. The third kappa shape index (κ3) is 3.42. The van der Waals surface area contributed by atoms with Gasteiger partial charge in [-0.1, -0.05) is 12.1 Å². The fourth-order valence-corrected chi connectivity index (χ4v) is 4.20. The van der Waals surface area contributed by atoms with E-state index in [1.54, 1.807) is 23.2 Å². The number of hydrogen-bond donors (Lipinski definition) is 1. The smallest absolute Gasteiger partial charge is 0.255 e. The monoisotopic (exact) mass is 409 g/mol. The van der Waals surface area contributed by atoms with E-state index in [1.165, 1.54) is 17.8 Å². The summed E-state index contributed by atoms with van der Waals surface area (Å²) in [5.74, 6) is 0.936. The van der Waals surface area contributed by atoms with Crippen LogP contribution in [0.5, 0.6) is 0 Å². The summed E-state index contributed by atoms with van der Waals surface area (Å²) >= 11 is 4.86. The molecule has 1 aliphatic rings. The van der Waals surface area contributed by atoms with E-state index in [4.69, 9.17) is 0 Å². The molecule has 1 atom stereocenters. The summed E-state index contributed by atoms with van der Waals surface area (Å²) in [6.07, 6.45) is 2.43. The molecule has 0 fully saturated rings. The Morgan fingerprint density at radius 2 is 2.25 bits per heavy atom. The Morgan fingerprint density at radius 3 is 3.00 bits per heavy atom. The van der Waals surface area contributed by atoms with Gasteiger partial charge >= 0.3 is 0 Å². The second-order valence-electron chi connectivity index (χ2n) is 5.74. The number of pyridine rings is 1. The van der Waals surface area contributed by atoms with Gasteiger partial charge in [0.1, 0.15) is 11.6 Å². The van der Waals surface area contributed by atoms with Gasteiger partial charge in [0, 0.05) is 35.4 Å². The average Bonchev–Trinajstić information content (AvgIpc) is 2.55. The van der Waals surface area contributed by atoms with E-state index in [0.29, 0.717) is 16.3 Å². The number of aromatic nitrogens is 1. The van der Waals surface area contributed by atoms with E-state index in [-0.39, 0.29) is 17.8 Å². The summed E-state index contributed by atoms with van der Waals surface area (Å²) in [4.78, 5) is 19.5. The summed E-state index contributed by atoms with van der Waals surface area (Å²) in [6, 6.07) is 6.57. The molecule has 4 nitrogen and oxygen atoms in total. The fraction of sp³-hybridized carbons (Fsp3) is 0.294. The summed E-state index contributed by atoms with van der Waals surface area (Å²) in [7, 11) is 3.68. The van der Waals surface area contributed by atoms with Crippen molar-refractivity contribution in [1.82, 2.24) is 10.3 Å². The second-order valence-corrected chi connectivity index (χ2v) is 7.76. The van der Waals surface area contributed by atoms with Gasteiger partial charge in [-0.2, -0.15) is 0 Å². The van der Waals surface area contributed by atoms with Crippen LogP contribution < -0.4 is 10.2 Å². The Balaban J connectivity index is 1.90. The van der Waals surface area contributed by atoms with Crippen LogP contribution in [0.3, 0.4) is 0 Å². The highest BCUT2D eigenvalue weighted by molar-refractivity contribution is 9.10. The maximum atomic E-state index is 14.0. The highest BCUT2D eigenvalue weighted by Crippen LogP contribution is 2.38. The van der Waals surface area contributed by atoms with Gasteiger partial charge in [-0.25, -0.2) is 9.37 Å². The number of nitrogens with one attached hydrogen (secondary N) is 1. The van der Waals surface area contributed by atoms with Crippen LogP contribution in [-0.2, 0) is 0 Å². The van der Waals surface area contributed by atoms with Crippen LogP contribution >= 0.6 is 27.7 Å². The Bertz CT molecular complexity index is 784. The Labute approximate surface area is 153 Å². The van der Waals surface area contributed by atoms with Crippen molar-refractivity contribution in [2.75, 3.05) is 24.7 Å². The van der Waals surface area contributed by atoms with E-state index in [9.17, 15) is 9.18 Å². The van der Waals surface area contributed by atoms with Gasteiger partial charge in [-0.15, -0.1) is 11.8 Å². The zero-order valence-corrected chi connectivity index (χ0v) is 15.7. The van der Waals surface area contributed by atoms with Crippen molar-refractivity contribution in [1.29, 1.82) is 0 Å². The van der Waals surface area contributed by atoms with Crippen LogP contribution in [0.1, 0.15) is 28.4 Å². The zero-order valence-electron chi connectivity index (χ0n) is 13.3. The number of fused-ring (bicyclic) bond motifs is 1. The number of hydrogen-bond acceptors (Lipinski definition) is 4. The molecule has 7 heteroatoms. The Morgan fingerprint density at radius 1 is 1.46 bits per heavy atom. The first kappa shape index (κ1) is 17.2. The molecule has 0 radical (unpaired) electrons. The van der Waals surface area contributed by atoms with Gasteiger partial charge in [0.25, 0.3) is 5.91 Å². The maximum absolute atomic E-state index is 14.0. The molecule has 1 amide bonds. The molecular weight excluding hydrogens is 393 g/mol. The van der Waals surface area contributed by atoms with E-state index in [2.05, 4.69) is 26.2 Å². The van der Waals surface area contributed by atoms with Crippen LogP contribution in [0.15, 0.2) is 39.8 Å². The molecule has 0 aliphatic carbocycles. The number of amides is 1. The lowest BCUT2D eigenvalue weighted by molar-refractivity contribution is 0.0935. The first-order valence-electron chi connectivity index (χ1n) is 7.52. The normalized spacial score (nSPS) is 16.4. The third-order valence-corrected chi connectivity index (χ3v) is 5.43. The lowest BCUT2D eigenvalue weighted by Gasteiger charge is -2.27. The lowest BCUT2D eigenvalue weighted by atomic mass is 10.0. The first-order valence-corrected chi connectivity index (χ1v) is 9.30. The van der Waals surface area contributed by atoms with Crippen molar-refractivity contribution in [2.24, 2.45) is 0 Å². The molecular formula is C17H17BrFN3OS. The summed E-state index contributed by atoms with van der Waals surface area (Å²) in [5, 5.41) is 3.03. The minimum atomic E-state index is -0.227. The van der Waals surface area contributed by atoms with Crippen LogP contribution in [0.25, 0.3) is 0 Å².